The van der Waals surface area contributed by atoms with Gasteiger partial charge in [-0.3, -0.25) is 4.98 Å². The van der Waals surface area contributed by atoms with Crippen molar-refractivity contribution in [1.29, 1.82) is 0 Å². The molecule has 2 aromatic carbocycles. The maximum absolute atomic E-state index is 4.18. The molecule has 2 heterocycles. The van der Waals surface area contributed by atoms with Crippen LogP contribution in [0, 0.1) is 0 Å². The number of anilines is 1. The predicted molar refractivity (Wildman–Crippen MR) is 92.1 cm³/mol. The van der Waals surface area contributed by atoms with Crippen LogP contribution < -0.4 is 5.43 Å². The Kier molecular flexibility index (Phi) is 3.65. The number of nitrogens with zero attached hydrogens (tertiary/aromatic N) is 6. The molecule has 116 valence electrons. The molecule has 0 bridgehead atoms. The number of hydrogen-bond acceptors (Lipinski definition) is 6. The summed E-state index contributed by atoms with van der Waals surface area (Å²) in [6, 6.07) is 17.8. The van der Waals surface area contributed by atoms with Gasteiger partial charge in [0.1, 0.15) is 0 Å². The number of tetrazole rings is 1. The lowest BCUT2D eigenvalue weighted by molar-refractivity contribution is 0.794. The van der Waals surface area contributed by atoms with Crippen molar-refractivity contribution in [1.82, 2.24) is 25.2 Å². The van der Waals surface area contributed by atoms with E-state index in [1.165, 1.54) is 0 Å². The number of hydrogen-bond donors (Lipinski definition) is 1. The van der Waals surface area contributed by atoms with Crippen molar-refractivity contribution in [2.24, 2.45) is 5.10 Å². The van der Waals surface area contributed by atoms with Crippen LogP contribution in [-0.4, -0.2) is 31.4 Å². The molecule has 0 fully saturated rings. The minimum absolute atomic E-state index is 0.441. The molecule has 1 N–H and O–H groups in total. The molecule has 2 aromatic heterocycles. The van der Waals surface area contributed by atoms with Gasteiger partial charge in [-0.25, -0.2) is 5.43 Å². The third kappa shape index (κ3) is 2.70. The number of hydrazone groups is 1. The highest BCUT2D eigenvalue weighted by atomic mass is 15.6. The first-order valence-corrected chi connectivity index (χ1v) is 7.37. The van der Waals surface area contributed by atoms with Gasteiger partial charge in [0.2, 0.25) is 0 Å². The summed E-state index contributed by atoms with van der Waals surface area (Å²) in [6.07, 6.45) is 5.10. The maximum Gasteiger partial charge on any atom is 0.268 e. The summed E-state index contributed by atoms with van der Waals surface area (Å²) in [7, 11) is 0. The normalized spacial score (nSPS) is 11.2. The molecule has 0 radical (unpaired) electrons. The van der Waals surface area contributed by atoms with Gasteiger partial charge < -0.3 is 0 Å². The second-order valence-electron chi connectivity index (χ2n) is 5.06. The SMILES string of the molecule is C(=NNc1nnnn1-c1cccc2ccccc12)c1ccncc1. The van der Waals surface area contributed by atoms with Crippen molar-refractivity contribution >= 4 is 22.9 Å². The van der Waals surface area contributed by atoms with Gasteiger partial charge in [0.05, 0.1) is 11.9 Å². The van der Waals surface area contributed by atoms with E-state index in [0.717, 1.165) is 22.0 Å². The van der Waals surface area contributed by atoms with Gasteiger partial charge >= 0.3 is 0 Å². The molecule has 0 saturated heterocycles. The number of pyridine rings is 1. The van der Waals surface area contributed by atoms with Crippen LogP contribution in [0.1, 0.15) is 5.56 Å². The zero-order valence-electron chi connectivity index (χ0n) is 12.6. The van der Waals surface area contributed by atoms with Crippen molar-refractivity contribution in [2.45, 2.75) is 0 Å². The number of aromatic nitrogens is 5. The second kappa shape index (κ2) is 6.25. The predicted octanol–water partition coefficient (Wildman–Crippen LogP) is 2.66. The van der Waals surface area contributed by atoms with Crippen LogP contribution in [0.25, 0.3) is 16.5 Å². The van der Waals surface area contributed by atoms with Crippen LogP contribution in [0.15, 0.2) is 72.1 Å². The lowest BCUT2D eigenvalue weighted by Crippen LogP contribution is -2.04. The van der Waals surface area contributed by atoms with E-state index in [1.807, 2.05) is 42.5 Å². The van der Waals surface area contributed by atoms with Crippen LogP contribution >= 0.6 is 0 Å². The molecule has 4 rings (SSSR count). The van der Waals surface area contributed by atoms with Crippen LogP contribution in [0.3, 0.4) is 0 Å². The van der Waals surface area contributed by atoms with Crippen molar-refractivity contribution in [3.05, 3.63) is 72.6 Å². The molecular weight excluding hydrogens is 302 g/mol. The molecule has 7 nitrogen and oxygen atoms in total. The summed E-state index contributed by atoms with van der Waals surface area (Å²) >= 11 is 0. The Balaban J connectivity index is 1.66. The standard InChI is InChI=1S/C17H13N7/c1-2-6-15-14(4-1)5-3-7-16(15)24-17(21-22-23-24)20-19-12-13-8-10-18-11-9-13/h1-12H,(H,20,21,23). The van der Waals surface area contributed by atoms with Gasteiger partial charge in [-0.05, 0) is 39.6 Å². The summed E-state index contributed by atoms with van der Waals surface area (Å²) < 4.78 is 1.63. The third-order valence-electron chi connectivity index (χ3n) is 3.55. The Morgan fingerprint density at radius 2 is 1.79 bits per heavy atom. The van der Waals surface area contributed by atoms with Crippen molar-refractivity contribution < 1.29 is 0 Å². The Labute approximate surface area is 137 Å². The largest absolute Gasteiger partial charge is 0.268 e. The van der Waals surface area contributed by atoms with E-state index in [0.29, 0.717) is 5.95 Å². The molecule has 4 aromatic rings. The summed E-state index contributed by atoms with van der Waals surface area (Å²) in [4.78, 5) is 3.97. The van der Waals surface area contributed by atoms with Gasteiger partial charge in [-0.15, -0.1) is 0 Å². The molecule has 0 aliphatic rings. The molecule has 7 heteroatoms. The molecule has 0 aliphatic carbocycles. The minimum Gasteiger partial charge on any atom is -0.265 e. The van der Waals surface area contributed by atoms with E-state index in [2.05, 4.69) is 43.2 Å². The Bertz CT molecular complexity index is 987. The monoisotopic (exact) mass is 315 g/mol. The fourth-order valence-electron chi connectivity index (χ4n) is 2.43. The third-order valence-corrected chi connectivity index (χ3v) is 3.55. The Morgan fingerprint density at radius 1 is 0.958 bits per heavy atom. The van der Waals surface area contributed by atoms with E-state index in [-0.39, 0.29) is 0 Å². The summed E-state index contributed by atoms with van der Waals surface area (Å²) in [6.45, 7) is 0. The van der Waals surface area contributed by atoms with E-state index < -0.39 is 0 Å². The fourth-order valence-corrected chi connectivity index (χ4v) is 2.43. The van der Waals surface area contributed by atoms with E-state index >= 15 is 0 Å². The number of nitrogens with one attached hydrogen (secondary N) is 1. The minimum atomic E-state index is 0.441. The zero-order chi connectivity index (χ0) is 16.2. The molecule has 0 saturated carbocycles. The molecule has 0 amide bonds. The molecule has 0 unspecified atom stereocenters. The van der Waals surface area contributed by atoms with E-state index in [9.17, 15) is 0 Å². The van der Waals surface area contributed by atoms with Crippen LogP contribution in [0.4, 0.5) is 5.95 Å². The van der Waals surface area contributed by atoms with E-state index in [4.69, 9.17) is 0 Å². The number of fused-ring (bicyclic) bond motifs is 1. The topological polar surface area (TPSA) is 80.9 Å². The average Bonchev–Trinajstić information content (AvgIpc) is 3.10. The van der Waals surface area contributed by atoms with Crippen LogP contribution in [0.2, 0.25) is 0 Å². The van der Waals surface area contributed by atoms with Gasteiger partial charge in [-0.2, -0.15) is 9.78 Å². The molecule has 0 atom stereocenters. The molecule has 0 aliphatic heterocycles. The van der Waals surface area contributed by atoms with Crippen LogP contribution in [-0.2, 0) is 0 Å². The number of benzene rings is 2. The fraction of sp³-hybridized carbons (Fsp3) is 0. The lowest BCUT2D eigenvalue weighted by Gasteiger charge is -2.07. The van der Waals surface area contributed by atoms with Gasteiger partial charge in [-0.1, -0.05) is 41.5 Å². The quantitative estimate of drug-likeness (QED) is 0.462. The smallest absolute Gasteiger partial charge is 0.265 e. The maximum atomic E-state index is 4.18. The first kappa shape index (κ1) is 14.0. The van der Waals surface area contributed by atoms with E-state index in [1.54, 1.807) is 23.3 Å². The highest BCUT2D eigenvalue weighted by molar-refractivity contribution is 5.90. The van der Waals surface area contributed by atoms with Gasteiger partial charge in [0.25, 0.3) is 5.95 Å². The zero-order valence-corrected chi connectivity index (χ0v) is 12.6. The highest BCUT2D eigenvalue weighted by Gasteiger charge is 2.10. The van der Waals surface area contributed by atoms with Crippen molar-refractivity contribution in [3.63, 3.8) is 0 Å². The first-order valence-electron chi connectivity index (χ1n) is 7.37. The summed E-state index contributed by atoms with van der Waals surface area (Å²) in [5.41, 5.74) is 4.70. The molecular formula is C17H13N7. The van der Waals surface area contributed by atoms with Crippen molar-refractivity contribution in [2.75, 3.05) is 5.43 Å². The summed E-state index contributed by atoms with van der Waals surface area (Å²) in [5, 5.41) is 18.2. The second-order valence-corrected chi connectivity index (χ2v) is 5.06. The highest BCUT2D eigenvalue weighted by Crippen LogP contribution is 2.23. The Morgan fingerprint density at radius 3 is 2.71 bits per heavy atom. The molecule has 24 heavy (non-hydrogen) atoms. The van der Waals surface area contributed by atoms with Crippen molar-refractivity contribution in [3.8, 4) is 5.69 Å². The summed E-state index contributed by atoms with van der Waals surface area (Å²) in [5.74, 6) is 0.441. The lowest BCUT2D eigenvalue weighted by atomic mass is 10.1. The molecule has 0 spiro atoms. The number of rotatable bonds is 4. The first-order chi connectivity index (χ1) is 11.9. The Hall–Kier alpha value is -3.61. The average molecular weight is 315 g/mol. The van der Waals surface area contributed by atoms with Crippen LogP contribution in [0.5, 0.6) is 0 Å². The van der Waals surface area contributed by atoms with Gasteiger partial charge in [0, 0.05) is 17.8 Å². The van der Waals surface area contributed by atoms with Gasteiger partial charge in [0.15, 0.2) is 0 Å².